The molecule has 4 aromatic carbocycles. The summed E-state index contributed by atoms with van der Waals surface area (Å²) >= 11 is 1.88. The molecule has 2 heterocycles. The Kier molecular flexibility index (Phi) is 4.02. The van der Waals surface area contributed by atoms with Gasteiger partial charge >= 0.3 is 68.9 Å². The van der Waals surface area contributed by atoms with E-state index in [1.165, 1.54) is 41.7 Å². The molecule has 0 radical (unpaired) electrons. The van der Waals surface area contributed by atoms with Gasteiger partial charge in [-0.15, -0.1) is 22.4 Å². The molecule has 3 heteroatoms. The van der Waals surface area contributed by atoms with E-state index >= 15 is 0 Å². The van der Waals surface area contributed by atoms with Crippen LogP contribution in [0.25, 0.3) is 52.8 Å². The van der Waals surface area contributed by atoms with E-state index in [4.69, 9.17) is 4.98 Å². The summed E-state index contributed by atoms with van der Waals surface area (Å²) in [5.74, 6) is 0. The van der Waals surface area contributed by atoms with E-state index in [1.807, 2.05) is 11.3 Å². The molecule has 0 saturated heterocycles. The van der Waals surface area contributed by atoms with Crippen LogP contribution in [0.2, 0.25) is 0 Å². The van der Waals surface area contributed by atoms with Gasteiger partial charge in [-0.25, -0.2) is 0 Å². The first kappa shape index (κ1) is 16.4. The molecule has 0 unspecified atom stereocenters. The average Bonchev–Trinajstić information content (AvgIpc) is 3.20. The molecule has 0 atom stereocenters. The third kappa shape index (κ3) is 2.31. The number of para-hydroxylation sites is 1. The molecule has 2 aromatic heterocycles. The van der Waals surface area contributed by atoms with Crippen molar-refractivity contribution in [2.75, 3.05) is 0 Å². The number of rotatable bonds is 0. The van der Waals surface area contributed by atoms with Crippen LogP contribution >= 0.6 is 11.3 Å². The summed E-state index contributed by atoms with van der Waals surface area (Å²) in [5, 5.41) is 7.75. The smallest absolute Gasteiger partial charge is 0.656 e. The molecule has 0 saturated carbocycles. The first-order valence-corrected chi connectivity index (χ1v) is 8.90. The summed E-state index contributed by atoms with van der Waals surface area (Å²) in [7, 11) is 0. The van der Waals surface area contributed by atoms with Crippen molar-refractivity contribution in [2.24, 2.45) is 0 Å². The maximum Gasteiger partial charge on any atom is 1.00 e. The standard InChI is InChI=1S/C22H12NS.Cs/c1-3-7-19-13(5-1)15-9-12-18-16(21(15)23-19)10-11-17-14-6-2-4-8-20(14)24-22(17)18;/h1-12H;/q-1;+1. The van der Waals surface area contributed by atoms with E-state index in [0.717, 1.165) is 11.0 Å². The Morgan fingerprint density at radius 3 is 2.00 bits per heavy atom. The fourth-order valence-electron chi connectivity index (χ4n) is 3.83. The van der Waals surface area contributed by atoms with Crippen molar-refractivity contribution < 1.29 is 68.9 Å². The Labute approximate surface area is 207 Å². The Balaban J connectivity index is 0.00000140. The second kappa shape index (κ2) is 6.13. The topological polar surface area (TPSA) is 14.1 Å². The summed E-state index contributed by atoms with van der Waals surface area (Å²) < 4.78 is 2.71. The Hall–Kier alpha value is -0.788. The average molecular weight is 455 g/mol. The molecule has 0 aliphatic heterocycles. The molecule has 6 rings (SSSR count). The van der Waals surface area contributed by atoms with Crippen LogP contribution in [0.4, 0.5) is 0 Å². The maximum absolute atomic E-state index is 4.91. The molecular formula is C22H12CsNS. The van der Waals surface area contributed by atoms with Crippen molar-refractivity contribution in [3.05, 3.63) is 72.8 Å². The monoisotopic (exact) mass is 455 g/mol. The predicted molar refractivity (Wildman–Crippen MR) is 105 cm³/mol. The maximum atomic E-state index is 4.91. The zero-order valence-corrected chi connectivity index (χ0v) is 20.9. The van der Waals surface area contributed by atoms with Crippen LogP contribution < -0.4 is 73.9 Å². The molecule has 1 nitrogen and oxygen atoms in total. The number of benzene rings is 4. The van der Waals surface area contributed by atoms with Crippen molar-refractivity contribution in [3.8, 4) is 0 Å². The Bertz CT molecular complexity index is 1300. The molecule has 112 valence electrons. The van der Waals surface area contributed by atoms with Gasteiger partial charge in [0.2, 0.25) is 0 Å². The number of aromatic nitrogens is 1. The molecule has 0 amide bonds. The summed E-state index contributed by atoms with van der Waals surface area (Å²) in [4.78, 5) is 4.91. The van der Waals surface area contributed by atoms with Crippen molar-refractivity contribution in [1.82, 2.24) is 4.98 Å². The molecule has 0 aliphatic rings. The van der Waals surface area contributed by atoms with Gasteiger partial charge in [0, 0.05) is 20.2 Å². The van der Waals surface area contributed by atoms with E-state index in [0.29, 0.717) is 0 Å². The second-order valence-electron chi connectivity index (χ2n) is 6.23. The molecule has 0 fully saturated rings. The van der Waals surface area contributed by atoms with Crippen molar-refractivity contribution in [2.45, 2.75) is 0 Å². The minimum absolute atomic E-state index is 0. The van der Waals surface area contributed by atoms with Gasteiger partial charge in [0.15, 0.2) is 0 Å². The summed E-state index contributed by atoms with van der Waals surface area (Å²) in [6, 6.07) is 26.1. The van der Waals surface area contributed by atoms with Crippen molar-refractivity contribution in [3.63, 3.8) is 0 Å². The third-order valence-corrected chi connectivity index (χ3v) is 6.16. The van der Waals surface area contributed by atoms with Gasteiger partial charge in [-0.3, -0.25) is 0 Å². The number of thiophene rings is 1. The van der Waals surface area contributed by atoms with Crippen LogP contribution in [0.5, 0.6) is 0 Å². The minimum atomic E-state index is 0. The van der Waals surface area contributed by atoms with Crippen LogP contribution in [0, 0.1) is 0 Å². The number of hydrogen-bond acceptors (Lipinski definition) is 1. The number of hydrogen-bond donors (Lipinski definition) is 0. The van der Waals surface area contributed by atoms with E-state index in [9.17, 15) is 0 Å². The van der Waals surface area contributed by atoms with Crippen molar-refractivity contribution >= 4 is 64.1 Å². The van der Waals surface area contributed by atoms with Gasteiger partial charge in [-0.05, 0) is 27.6 Å². The quantitative estimate of drug-likeness (QED) is 0.342. The van der Waals surface area contributed by atoms with Crippen LogP contribution in [-0.2, 0) is 0 Å². The fourth-order valence-corrected chi connectivity index (χ4v) is 5.06. The summed E-state index contributed by atoms with van der Waals surface area (Å²) in [6.07, 6.45) is 0. The van der Waals surface area contributed by atoms with Crippen LogP contribution in [0.3, 0.4) is 0 Å². The predicted octanol–water partition coefficient (Wildman–Crippen LogP) is 3.48. The molecule has 0 N–H and O–H groups in total. The minimum Gasteiger partial charge on any atom is -0.656 e. The third-order valence-electron chi connectivity index (χ3n) is 4.94. The van der Waals surface area contributed by atoms with Gasteiger partial charge in [-0.2, -0.15) is 0 Å². The summed E-state index contributed by atoms with van der Waals surface area (Å²) in [6.45, 7) is 0. The SMILES string of the molecule is [Cs+].c1ccc2c(c1)[n-]c1c2ccc2c1ccc1c3ccccc3sc12. The van der Waals surface area contributed by atoms with Gasteiger partial charge in [0.05, 0.1) is 0 Å². The Morgan fingerprint density at radius 1 is 0.560 bits per heavy atom. The zero-order chi connectivity index (χ0) is 15.7. The molecule has 6 aromatic rings. The van der Waals surface area contributed by atoms with E-state index in [-0.39, 0.29) is 68.9 Å². The van der Waals surface area contributed by atoms with Crippen LogP contribution in [0.15, 0.2) is 72.8 Å². The summed E-state index contributed by atoms with van der Waals surface area (Å²) in [5.41, 5.74) is 2.20. The molecule has 0 bridgehead atoms. The van der Waals surface area contributed by atoms with Gasteiger partial charge < -0.3 is 4.98 Å². The molecular weight excluding hydrogens is 443 g/mol. The largest absolute Gasteiger partial charge is 1.00 e. The van der Waals surface area contributed by atoms with Crippen molar-refractivity contribution in [1.29, 1.82) is 0 Å². The number of fused-ring (bicyclic) bond motifs is 9. The first-order valence-electron chi connectivity index (χ1n) is 8.08. The van der Waals surface area contributed by atoms with Gasteiger partial charge in [-0.1, -0.05) is 66.7 Å². The van der Waals surface area contributed by atoms with Gasteiger partial charge in [0.25, 0.3) is 0 Å². The number of nitrogens with zero attached hydrogens (tertiary/aromatic N) is 1. The fraction of sp³-hybridized carbons (Fsp3) is 0. The molecule has 0 aliphatic carbocycles. The zero-order valence-electron chi connectivity index (χ0n) is 13.8. The van der Waals surface area contributed by atoms with Gasteiger partial charge in [0.1, 0.15) is 0 Å². The Morgan fingerprint density at radius 2 is 1.16 bits per heavy atom. The first-order chi connectivity index (χ1) is 11.9. The van der Waals surface area contributed by atoms with E-state index in [1.54, 1.807) is 0 Å². The van der Waals surface area contributed by atoms with Crippen LogP contribution in [0.1, 0.15) is 0 Å². The van der Waals surface area contributed by atoms with E-state index in [2.05, 4.69) is 72.8 Å². The van der Waals surface area contributed by atoms with E-state index < -0.39 is 0 Å². The molecule has 0 spiro atoms. The second-order valence-corrected chi connectivity index (χ2v) is 7.28. The normalized spacial score (nSPS) is 11.7. The van der Waals surface area contributed by atoms with Crippen LogP contribution in [-0.4, -0.2) is 0 Å². The molecule has 25 heavy (non-hydrogen) atoms.